The molecule has 0 aromatic rings. The molecule has 5 nitrogen and oxygen atoms in total. The van der Waals surface area contributed by atoms with Crippen molar-refractivity contribution in [3.8, 4) is 0 Å². The number of carbonyl (C=O) groups excluding carboxylic acids is 2. The van der Waals surface area contributed by atoms with Gasteiger partial charge in [0, 0.05) is 19.6 Å². The molecule has 1 rings (SSSR count). The highest BCUT2D eigenvalue weighted by Gasteiger charge is 2.23. The maximum Gasteiger partial charge on any atom is 0.237 e. The summed E-state index contributed by atoms with van der Waals surface area (Å²) in [5.41, 5.74) is 0. The SMILES string of the molecule is CCNC(=O)CC1NCCNC1=O. The molecule has 0 aliphatic carbocycles. The van der Waals surface area contributed by atoms with Gasteiger partial charge in [-0.05, 0) is 6.92 Å². The Morgan fingerprint density at radius 3 is 3.00 bits per heavy atom. The molecule has 1 unspecified atom stereocenters. The summed E-state index contributed by atoms with van der Waals surface area (Å²) in [7, 11) is 0. The van der Waals surface area contributed by atoms with Crippen molar-refractivity contribution in [1.29, 1.82) is 0 Å². The first kappa shape index (κ1) is 9.98. The second-order valence-corrected chi connectivity index (χ2v) is 2.96. The lowest BCUT2D eigenvalue weighted by molar-refractivity contribution is -0.129. The van der Waals surface area contributed by atoms with Gasteiger partial charge in [0.25, 0.3) is 0 Å². The van der Waals surface area contributed by atoms with Gasteiger partial charge in [0.05, 0.1) is 12.5 Å². The van der Waals surface area contributed by atoms with Gasteiger partial charge in [0.15, 0.2) is 0 Å². The highest BCUT2D eigenvalue weighted by molar-refractivity contribution is 5.88. The van der Waals surface area contributed by atoms with Gasteiger partial charge in [0.2, 0.25) is 11.8 Å². The van der Waals surface area contributed by atoms with Crippen LogP contribution in [0.1, 0.15) is 13.3 Å². The third kappa shape index (κ3) is 3.02. The highest BCUT2D eigenvalue weighted by atomic mass is 16.2. The van der Waals surface area contributed by atoms with Crippen molar-refractivity contribution >= 4 is 11.8 Å². The van der Waals surface area contributed by atoms with E-state index in [-0.39, 0.29) is 24.3 Å². The molecule has 1 aliphatic heterocycles. The summed E-state index contributed by atoms with van der Waals surface area (Å²) >= 11 is 0. The quantitative estimate of drug-likeness (QED) is 0.506. The van der Waals surface area contributed by atoms with Gasteiger partial charge in [-0.15, -0.1) is 0 Å². The van der Waals surface area contributed by atoms with Crippen LogP contribution >= 0.6 is 0 Å². The summed E-state index contributed by atoms with van der Waals surface area (Å²) in [5.74, 6) is -0.172. The first-order chi connectivity index (χ1) is 6.24. The van der Waals surface area contributed by atoms with Crippen molar-refractivity contribution < 1.29 is 9.59 Å². The summed E-state index contributed by atoms with van der Waals surface area (Å²) < 4.78 is 0. The van der Waals surface area contributed by atoms with Crippen molar-refractivity contribution in [3.05, 3.63) is 0 Å². The van der Waals surface area contributed by atoms with Crippen molar-refractivity contribution in [1.82, 2.24) is 16.0 Å². The summed E-state index contributed by atoms with van der Waals surface area (Å²) in [4.78, 5) is 22.3. The Labute approximate surface area is 77.3 Å². The van der Waals surface area contributed by atoms with E-state index in [2.05, 4.69) is 16.0 Å². The van der Waals surface area contributed by atoms with Crippen LogP contribution in [0.3, 0.4) is 0 Å². The second kappa shape index (κ2) is 4.81. The van der Waals surface area contributed by atoms with Crippen LogP contribution in [0.5, 0.6) is 0 Å². The Balaban J connectivity index is 2.33. The maximum atomic E-state index is 11.2. The van der Waals surface area contributed by atoms with Gasteiger partial charge < -0.3 is 16.0 Å². The fraction of sp³-hybridized carbons (Fsp3) is 0.750. The number of hydrogen-bond acceptors (Lipinski definition) is 3. The van der Waals surface area contributed by atoms with Crippen LogP contribution in [0.15, 0.2) is 0 Å². The number of rotatable bonds is 3. The number of piperazine rings is 1. The predicted molar refractivity (Wildman–Crippen MR) is 48.1 cm³/mol. The summed E-state index contributed by atoms with van der Waals surface area (Å²) in [6, 6.07) is -0.361. The third-order valence-electron chi connectivity index (χ3n) is 1.89. The van der Waals surface area contributed by atoms with Crippen LogP contribution in [0, 0.1) is 0 Å². The van der Waals surface area contributed by atoms with Crippen LogP contribution in [-0.2, 0) is 9.59 Å². The van der Waals surface area contributed by atoms with E-state index in [1.54, 1.807) is 0 Å². The van der Waals surface area contributed by atoms with Crippen LogP contribution in [-0.4, -0.2) is 37.5 Å². The fourth-order valence-corrected chi connectivity index (χ4v) is 1.27. The monoisotopic (exact) mass is 185 g/mol. The van der Waals surface area contributed by atoms with Crippen LogP contribution < -0.4 is 16.0 Å². The number of amides is 2. The van der Waals surface area contributed by atoms with Crippen molar-refractivity contribution in [2.45, 2.75) is 19.4 Å². The molecule has 1 saturated heterocycles. The van der Waals surface area contributed by atoms with E-state index in [4.69, 9.17) is 0 Å². The molecular formula is C8H15N3O2. The van der Waals surface area contributed by atoms with E-state index in [0.717, 1.165) is 6.54 Å². The van der Waals surface area contributed by atoms with E-state index in [1.807, 2.05) is 6.92 Å². The lowest BCUT2D eigenvalue weighted by Crippen LogP contribution is -2.54. The number of hydrogen-bond donors (Lipinski definition) is 3. The molecule has 5 heteroatoms. The minimum absolute atomic E-state index is 0.0856. The largest absolute Gasteiger partial charge is 0.356 e. The summed E-state index contributed by atoms with van der Waals surface area (Å²) in [6.07, 6.45) is 0.222. The zero-order valence-corrected chi connectivity index (χ0v) is 7.72. The molecule has 0 spiro atoms. The van der Waals surface area contributed by atoms with Gasteiger partial charge >= 0.3 is 0 Å². The zero-order valence-electron chi connectivity index (χ0n) is 7.72. The molecule has 1 atom stereocenters. The summed E-state index contributed by atoms with van der Waals surface area (Å²) in [6.45, 7) is 3.83. The minimum atomic E-state index is -0.361. The Kier molecular flexibility index (Phi) is 3.70. The Bertz CT molecular complexity index is 206. The van der Waals surface area contributed by atoms with Crippen LogP contribution in [0.2, 0.25) is 0 Å². The van der Waals surface area contributed by atoms with Crippen molar-refractivity contribution in [2.24, 2.45) is 0 Å². The average Bonchev–Trinajstić information content (AvgIpc) is 2.09. The molecule has 1 fully saturated rings. The van der Waals surface area contributed by atoms with Gasteiger partial charge in [0.1, 0.15) is 0 Å². The average molecular weight is 185 g/mol. The first-order valence-electron chi connectivity index (χ1n) is 4.52. The fourth-order valence-electron chi connectivity index (χ4n) is 1.27. The highest BCUT2D eigenvalue weighted by Crippen LogP contribution is 1.95. The minimum Gasteiger partial charge on any atom is -0.356 e. The van der Waals surface area contributed by atoms with E-state index in [0.29, 0.717) is 13.1 Å². The Morgan fingerprint density at radius 1 is 1.62 bits per heavy atom. The number of nitrogens with one attached hydrogen (secondary N) is 3. The molecular weight excluding hydrogens is 170 g/mol. The molecule has 0 radical (unpaired) electrons. The third-order valence-corrected chi connectivity index (χ3v) is 1.89. The van der Waals surface area contributed by atoms with Gasteiger partial charge in [-0.3, -0.25) is 9.59 Å². The molecule has 2 amide bonds. The molecule has 1 heterocycles. The van der Waals surface area contributed by atoms with Gasteiger partial charge in [-0.25, -0.2) is 0 Å². The molecule has 0 aromatic carbocycles. The first-order valence-corrected chi connectivity index (χ1v) is 4.52. The smallest absolute Gasteiger partial charge is 0.237 e. The molecule has 0 bridgehead atoms. The topological polar surface area (TPSA) is 70.2 Å². The van der Waals surface area contributed by atoms with E-state index >= 15 is 0 Å². The van der Waals surface area contributed by atoms with Crippen molar-refractivity contribution in [3.63, 3.8) is 0 Å². The predicted octanol–water partition coefficient (Wildman–Crippen LogP) is -1.40. The lowest BCUT2D eigenvalue weighted by Gasteiger charge is -2.22. The molecule has 0 aromatic heterocycles. The van der Waals surface area contributed by atoms with Gasteiger partial charge in [-0.2, -0.15) is 0 Å². The van der Waals surface area contributed by atoms with E-state index < -0.39 is 0 Å². The normalized spacial score (nSPS) is 22.2. The van der Waals surface area contributed by atoms with E-state index in [1.165, 1.54) is 0 Å². The zero-order chi connectivity index (χ0) is 9.68. The van der Waals surface area contributed by atoms with Crippen LogP contribution in [0.4, 0.5) is 0 Å². The second-order valence-electron chi connectivity index (χ2n) is 2.96. The molecule has 74 valence electrons. The lowest BCUT2D eigenvalue weighted by atomic mass is 10.1. The molecule has 3 N–H and O–H groups in total. The van der Waals surface area contributed by atoms with Gasteiger partial charge in [-0.1, -0.05) is 0 Å². The number of carbonyl (C=O) groups is 2. The molecule has 13 heavy (non-hydrogen) atoms. The summed E-state index contributed by atoms with van der Waals surface area (Å²) in [5, 5.41) is 8.34. The van der Waals surface area contributed by atoms with Crippen LogP contribution in [0.25, 0.3) is 0 Å². The Morgan fingerprint density at radius 2 is 2.38 bits per heavy atom. The molecule has 0 saturated carbocycles. The Hall–Kier alpha value is -1.10. The van der Waals surface area contributed by atoms with E-state index in [9.17, 15) is 9.59 Å². The van der Waals surface area contributed by atoms with Crippen molar-refractivity contribution in [2.75, 3.05) is 19.6 Å². The maximum absolute atomic E-state index is 11.2. The molecule has 1 aliphatic rings. The standard InChI is InChI=1S/C8H15N3O2/c1-2-9-7(12)5-6-8(13)11-4-3-10-6/h6,10H,2-5H2,1H3,(H,9,12)(H,11,13).